The molecule has 108 valence electrons. The molecule has 0 spiro atoms. The molecule has 0 aliphatic carbocycles. The van der Waals surface area contributed by atoms with Crippen LogP contribution in [0.5, 0.6) is 0 Å². The van der Waals surface area contributed by atoms with Crippen LogP contribution in [0.4, 0.5) is 0 Å². The van der Waals surface area contributed by atoms with Crippen molar-refractivity contribution in [3.05, 3.63) is 0 Å². The van der Waals surface area contributed by atoms with Crippen molar-refractivity contribution < 1.29 is 18.6 Å². The zero-order valence-corrected chi connectivity index (χ0v) is 12.8. The second kappa shape index (κ2) is 10.5. The highest BCUT2D eigenvalue weighted by Gasteiger charge is 2.18. The molecule has 0 rings (SSSR count). The van der Waals surface area contributed by atoms with Crippen molar-refractivity contribution >= 4 is 14.1 Å². The van der Waals surface area contributed by atoms with E-state index in [2.05, 4.69) is 23.5 Å². The van der Waals surface area contributed by atoms with Crippen LogP contribution < -0.4 is 5.09 Å². The normalized spacial score (nSPS) is 14.5. The van der Waals surface area contributed by atoms with Crippen LogP contribution in [0.15, 0.2) is 0 Å². The lowest BCUT2D eigenvalue weighted by atomic mass is 9.99. The molecule has 0 fully saturated rings. The second-order valence-electron chi connectivity index (χ2n) is 4.43. The number of rotatable bonds is 10. The zero-order chi connectivity index (χ0) is 14.0. The third-order valence-electron chi connectivity index (χ3n) is 2.73. The summed E-state index contributed by atoms with van der Waals surface area (Å²) < 4.78 is 21.0. The van der Waals surface area contributed by atoms with Crippen LogP contribution in [0.25, 0.3) is 0 Å². The summed E-state index contributed by atoms with van der Waals surface area (Å²) in [6.07, 6.45) is 4.32. The Morgan fingerprint density at radius 1 is 1.28 bits per heavy atom. The summed E-state index contributed by atoms with van der Waals surface area (Å²) >= 11 is 0. The van der Waals surface area contributed by atoms with E-state index in [0.29, 0.717) is 12.5 Å². The Bertz CT molecular complexity index is 254. The SMILES string of the molecule is CCCC(CCC)COC(=O)[C@H](C)N[PH](=O)OC. The third kappa shape index (κ3) is 7.85. The lowest BCUT2D eigenvalue weighted by Crippen LogP contribution is -2.32. The van der Waals surface area contributed by atoms with Crippen molar-refractivity contribution in [3.8, 4) is 0 Å². The van der Waals surface area contributed by atoms with Gasteiger partial charge in [-0.2, -0.15) is 0 Å². The fourth-order valence-corrected chi connectivity index (χ4v) is 2.34. The first-order valence-corrected chi connectivity index (χ1v) is 7.87. The highest BCUT2D eigenvalue weighted by molar-refractivity contribution is 7.36. The van der Waals surface area contributed by atoms with Crippen LogP contribution in [0, 0.1) is 5.92 Å². The number of hydrogen-bond donors (Lipinski definition) is 1. The number of esters is 1. The van der Waals surface area contributed by atoms with Gasteiger partial charge in [-0.3, -0.25) is 9.36 Å². The zero-order valence-electron chi connectivity index (χ0n) is 11.8. The molecule has 0 saturated carbocycles. The minimum Gasteiger partial charge on any atom is -0.464 e. The first-order valence-electron chi connectivity index (χ1n) is 6.56. The Morgan fingerprint density at radius 2 is 1.83 bits per heavy atom. The summed E-state index contributed by atoms with van der Waals surface area (Å²) in [5.74, 6) is 0.0539. The Hall–Kier alpha value is -0.380. The fraction of sp³-hybridized carbons (Fsp3) is 0.917. The number of carbonyl (C=O) groups is 1. The van der Waals surface area contributed by atoms with E-state index >= 15 is 0 Å². The maximum Gasteiger partial charge on any atom is 0.323 e. The van der Waals surface area contributed by atoms with Crippen LogP contribution in [0.1, 0.15) is 46.5 Å². The van der Waals surface area contributed by atoms with Crippen molar-refractivity contribution in [3.63, 3.8) is 0 Å². The van der Waals surface area contributed by atoms with E-state index in [0.717, 1.165) is 25.7 Å². The first kappa shape index (κ1) is 17.6. The molecule has 1 unspecified atom stereocenters. The fourth-order valence-electron chi connectivity index (χ4n) is 1.75. The lowest BCUT2D eigenvalue weighted by molar-refractivity contribution is -0.146. The lowest BCUT2D eigenvalue weighted by Gasteiger charge is -2.17. The highest BCUT2D eigenvalue weighted by atomic mass is 31.1. The van der Waals surface area contributed by atoms with Gasteiger partial charge < -0.3 is 9.26 Å². The maximum absolute atomic E-state index is 11.6. The van der Waals surface area contributed by atoms with Crippen molar-refractivity contribution in [2.75, 3.05) is 13.7 Å². The third-order valence-corrected chi connectivity index (χ3v) is 3.77. The monoisotopic (exact) mass is 279 g/mol. The van der Waals surface area contributed by atoms with Gasteiger partial charge >= 0.3 is 5.97 Å². The van der Waals surface area contributed by atoms with Crippen molar-refractivity contribution in [1.82, 2.24) is 5.09 Å². The van der Waals surface area contributed by atoms with E-state index in [4.69, 9.17) is 4.74 Å². The molecule has 0 bridgehead atoms. The van der Waals surface area contributed by atoms with Gasteiger partial charge in [-0.15, -0.1) is 0 Å². The van der Waals surface area contributed by atoms with Gasteiger partial charge in [0, 0.05) is 7.11 Å². The van der Waals surface area contributed by atoms with Gasteiger partial charge in [0.05, 0.1) is 6.61 Å². The molecule has 0 aliphatic heterocycles. The average molecular weight is 279 g/mol. The van der Waals surface area contributed by atoms with Gasteiger partial charge in [-0.1, -0.05) is 26.7 Å². The van der Waals surface area contributed by atoms with E-state index in [9.17, 15) is 9.36 Å². The molecule has 2 atom stereocenters. The molecular formula is C12H26NO4P. The molecule has 5 nitrogen and oxygen atoms in total. The Morgan fingerprint density at radius 3 is 2.28 bits per heavy atom. The molecule has 0 heterocycles. The summed E-state index contributed by atoms with van der Waals surface area (Å²) in [4.78, 5) is 11.6. The molecule has 0 amide bonds. The smallest absolute Gasteiger partial charge is 0.323 e. The van der Waals surface area contributed by atoms with Crippen LogP contribution in [-0.4, -0.2) is 25.7 Å². The topological polar surface area (TPSA) is 64.6 Å². The van der Waals surface area contributed by atoms with Gasteiger partial charge in [0.2, 0.25) is 0 Å². The number of ether oxygens (including phenoxy) is 1. The Labute approximate surface area is 111 Å². The summed E-state index contributed by atoms with van der Waals surface area (Å²) in [6.45, 7) is 6.32. The van der Waals surface area contributed by atoms with E-state index in [-0.39, 0.29) is 5.97 Å². The molecule has 18 heavy (non-hydrogen) atoms. The molecule has 0 saturated heterocycles. The quantitative estimate of drug-likeness (QED) is 0.492. The molecule has 0 aromatic heterocycles. The number of carbonyl (C=O) groups excluding carboxylic acids is 1. The van der Waals surface area contributed by atoms with E-state index < -0.39 is 14.2 Å². The van der Waals surface area contributed by atoms with Crippen LogP contribution >= 0.6 is 8.18 Å². The number of nitrogens with one attached hydrogen (secondary N) is 1. The maximum atomic E-state index is 11.6. The summed E-state index contributed by atoms with van der Waals surface area (Å²) in [7, 11) is -0.993. The molecule has 0 aromatic carbocycles. The van der Waals surface area contributed by atoms with E-state index in [1.54, 1.807) is 6.92 Å². The van der Waals surface area contributed by atoms with Crippen molar-refractivity contribution in [1.29, 1.82) is 0 Å². The average Bonchev–Trinajstić information content (AvgIpc) is 2.35. The van der Waals surface area contributed by atoms with Gasteiger partial charge in [-0.25, -0.2) is 5.09 Å². The van der Waals surface area contributed by atoms with E-state index in [1.807, 2.05) is 0 Å². The molecule has 6 heteroatoms. The number of hydrogen-bond acceptors (Lipinski definition) is 4. The van der Waals surface area contributed by atoms with Gasteiger partial charge in [-0.05, 0) is 25.7 Å². The highest BCUT2D eigenvalue weighted by Crippen LogP contribution is 2.17. The van der Waals surface area contributed by atoms with E-state index in [1.165, 1.54) is 7.11 Å². The molecule has 0 aliphatic rings. The van der Waals surface area contributed by atoms with Crippen LogP contribution in [0.3, 0.4) is 0 Å². The van der Waals surface area contributed by atoms with Gasteiger partial charge in [0.25, 0.3) is 8.18 Å². The Kier molecular flexibility index (Phi) is 10.3. The standard InChI is InChI=1S/C12H26NO4P/c1-5-7-11(8-6-2)9-17-12(14)10(3)13-18(15)16-4/h10-11,18H,5-9H2,1-4H3,(H,13,15)/t10-/m0/s1. The minimum atomic E-state index is -2.33. The Balaban J connectivity index is 4.01. The summed E-state index contributed by atoms with van der Waals surface area (Å²) in [5.41, 5.74) is 0. The largest absolute Gasteiger partial charge is 0.464 e. The van der Waals surface area contributed by atoms with Crippen LogP contribution in [-0.2, 0) is 18.6 Å². The molecule has 1 N–H and O–H groups in total. The predicted molar refractivity (Wildman–Crippen MR) is 72.9 cm³/mol. The predicted octanol–water partition coefficient (Wildman–Crippen LogP) is 2.76. The van der Waals surface area contributed by atoms with Gasteiger partial charge in [0.1, 0.15) is 6.04 Å². The van der Waals surface area contributed by atoms with Gasteiger partial charge in [0.15, 0.2) is 0 Å². The minimum absolute atomic E-state index is 0.373. The van der Waals surface area contributed by atoms with Crippen molar-refractivity contribution in [2.45, 2.75) is 52.5 Å². The van der Waals surface area contributed by atoms with Crippen molar-refractivity contribution in [2.24, 2.45) is 5.92 Å². The van der Waals surface area contributed by atoms with Crippen LogP contribution in [0.2, 0.25) is 0 Å². The first-order chi connectivity index (χ1) is 8.54. The summed E-state index contributed by atoms with van der Waals surface area (Å²) in [6, 6.07) is -0.597. The molecule has 0 radical (unpaired) electrons. The second-order valence-corrected chi connectivity index (χ2v) is 5.70. The summed E-state index contributed by atoms with van der Waals surface area (Å²) in [5, 5.41) is 2.57. The molecule has 0 aromatic rings. The molecular weight excluding hydrogens is 253 g/mol.